The molecule has 2 aromatic heterocycles. The fourth-order valence-electron chi connectivity index (χ4n) is 1.13. The van der Waals surface area contributed by atoms with Crippen molar-refractivity contribution >= 4 is 17.1 Å². The molecule has 0 aliphatic carbocycles. The van der Waals surface area contributed by atoms with E-state index in [0.29, 0.717) is 11.5 Å². The third kappa shape index (κ3) is 2.50. The van der Waals surface area contributed by atoms with Crippen LogP contribution in [0.25, 0.3) is 11.5 Å². The number of carbonyl (C=O) groups is 1. The Labute approximate surface area is 95.3 Å². The number of aromatic nitrogens is 3. The summed E-state index contributed by atoms with van der Waals surface area (Å²) in [6, 6.07) is 0. The summed E-state index contributed by atoms with van der Waals surface area (Å²) in [5.41, 5.74) is 2.33. The van der Waals surface area contributed by atoms with E-state index in [1.807, 2.05) is 5.38 Å². The lowest BCUT2D eigenvalue weighted by molar-refractivity contribution is -0.122. The molecule has 0 radical (unpaired) electrons. The SMILES string of the molecule is COCC(=O)Cc1nc(-c2cscn2)no1. The Kier molecular flexibility index (Phi) is 3.37. The van der Waals surface area contributed by atoms with Crippen molar-refractivity contribution in [1.29, 1.82) is 0 Å². The van der Waals surface area contributed by atoms with Crippen LogP contribution in [0.1, 0.15) is 5.89 Å². The first-order chi connectivity index (χ1) is 7.79. The lowest BCUT2D eigenvalue weighted by atomic mass is 10.3. The molecule has 0 atom stereocenters. The maximum Gasteiger partial charge on any atom is 0.234 e. The molecule has 84 valence electrons. The van der Waals surface area contributed by atoms with Crippen LogP contribution in [-0.4, -0.2) is 34.6 Å². The molecule has 0 saturated carbocycles. The second-order valence-electron chi connectivity index (χ2n) is 3.03. The first-order valence-electron chi connectivity index (χ1n) is 4.51. The second-order valence-corrected chi connectivity index (χ2v) is 3.75. The van der Waals surface area contributed by atoms with Crippen LogP contribution in [0.5, 0.6) is 0 Å². The Morgan fingerprint density at radius 3 is 3.19 bits per heavy atom. The lowest BCUT2D eigenvalue weighted by Crippen LogP contribution is -2.09. The van der Waals surface area contributed by atoms with E-state index in [2.05, 4.69) is 15.1 Å². The molecule has 0 spiro atoms. The summed E-state index contributed by atoms with van der Waals surface area (Å²) in [5.74, 6) is 0.586. The summed E-state index contributed by atoms with van der Waals surface area (Å²) in [4.78, 5) is 19.3. The van der Waals surface area contributed by atoms with Crippen LogP contribution in [0.15, 0.2) is 15.4 Å². The minimum Gasteiger partial charge on any atom is -0.377 e. The van der Waals surface area contributed by atoms with Crippen molar-refractivity contribution in [1.82, 2.24) is 15.1 Å². The molecule has 0 aliphatic heterocycles. The van der Waals surface area contributed by atoms with Crippen molar-refractivity contribution in [2.24, 2.45) is 0 Å². The molecule has 0 N–H and O–H groups in total. The zero-order chi connectivity index (χ0) is 11.4. The zero-order valence-corrected chi connectivity index (χ0v) is 9.36. The van der Waals surface area contributed by atoms with Crippen molar-refractivity contribution in [2.45, 2.75) is 6.42 Å². The third-order valence-corrected chi connectivity index (χ3v) is 2.37. The van der Waals surface area contributed by atoms with Crippen LogP contribution in [0, 0.1) is 0 Å². The molecule has 0 aliphatic rings. The quantitative estimate of drug-likeness (QED) is 0.773. The second kappa shape index (κ2) is 4.95. The van der Waals surface area contributed by atoms with E-state index in [1.54, 1.807) is 5.51 Å². The Morgan fingerprint density at radius 2 is 2.50 bits per heavy atom. The maximum absolute atomic E-state index is 11.2. The van der Waals surface area contributed by atoms with Gasteiger partial charge in [0.15, 0.2) is 5.78 Å². The number of thiazole rings is 1. The highest BCUT2D eigenvalue weighted by atomic mass is 32.1. The molecule has 0 unspecified atom stereocenters. The van der Waals surface area contributed by atoms with Crippen molar-refractivity contribution in [3.63, 3.8) is 0 Å². The Hall–Kier alpha value is -1.60. The summed E-state index contributed by atoms with van der Waals surface area (Å²) in [6.45, 7) is 0.0500. The highest BCUT2D eigenvalue weighted by Crippen LogP contribution is 2.15. The largest absolute Gasteiger partial charge is 0.377 e. The van der Waals surface area contributed by atoms with Gasteiger partial charge in [0, 0.05) is 12.5 Å². The lowest BCUT2D eigenvalue weighted by Gasteiger charge is -1.93. The molecule has 6 nitrogen and oxygen atoms in total. The molecule has 0 amide bonds. The fraction of sp³-hybridized carbons (Fsp3) is 0.333. The molecule has 0 aromatic carbocycles. The third-order valence-electron chi connectivity index (χ3n) is 1.78. The number of carbonyl (C=O) groups excluding carboxylic acids is 1. The summed E-state index contributed by atoms with van der Waals surface area (Å²) in [5, 5.41) is 5.55. The van der Waals surface area contributed by atoms with Crippen molar-refractivity contribution < 1.29 is 14.1 Å². The van der Waals surface area contributed by atoms with E-state index >= 15 is 0 Å². The summed E-state index contributed by atoms with van der Waals surface area (Å²) in [6.07, 6.45) is 0.0883. The minimum atomic E-state index is -0.101. The van der Waals surface area contributed by atoms with Gasteiger partial charge in [-0.05, 0) is 0 Å². The van der Waals surface area contributed by atoms with E-state index in [0.717, 1.165) is 0 Å². The summed E-state index contributed by atoms with van der Waals surface area (Å²) >= 11 is 1.45. The van der Waals surface area contributed by atoms with Gasteiger partial charge in [-0.25, -0.2) is 4.98 Å². The Bertz CT molecular complexity index is 466. The van der Waals surface area contributed by atoms with Crippen molar-refractivity contribution in [3.05, 3.63) is 16.8 Å². The summed E-state index contributed by atoms with van der Waals surface area (Å²) < 4.78 is 9.64. The predicted molar refractivity (Wildman–Crippen MR) is 56.0 cm³/mol. The number of methoxy groups -OCH3 is 1. The van der Waals surface area contributed by atoms with Gasteiger partial charge < -0.3 is 9.26 Å². The Balaban J connectivity index is 2.06. The van der Waals surface area contributed by atoms with Crippen LogP contribution >= 0.6 is 11.3 Å². The van der Waals surface area contributed by atoms with Gasteiger partial charge in [-0.15, -0.1) is 11.3 Å². The molecule has 0 bridgehead atoms. The van der Waals surface area contributed by atoms with Crippen LogP contribution in [-0.2, 0) is 16.0 Å². The Morgan fingerprint density at radius 1 is 1.62 bits per heavy atom. The molecule has 2 heterocycles. The number of rotatable bonds is 5. The number of hydrogen-bond acceptors (Lipinski definition) is 7. The average Bonchev–Trinajstić information content (AvgIpc) is 2.86. The molecule has 0 fully saturated rings. The van der Waals surface area contributed by atoms with E-state index in [-0.39, 0.29) is 24.7 Å². The maximum atomic E-state index is 11.2. The molecule has 7 heteroatoms. The smallest absolute Gasteiger partial charge is 0.234 e. The van der Waals surface area contributed by atoms with Gasteiger partial charge in [-0.3, -0.25) is 4.79 Å². The predicted octanol–water partition coefficient (Wildman–Crippen LogP) is 0.951. The van der Waals surface area contributed by atoms with Crippen LogP contribution in [0.3, 0.4) is 0 Å². The molecular formula is C9H9N3O3S. The number of nitrogens with zero attached hydrogens (tertiary/aromatic N) is 3. The first kappa shape index (κ1) is 10.9. The van der Waals surface area contributed by atoms with Gasteiger partial charge in [0.2, 0.25) is 11.7 Å². The van der Waals surface area contributed by atoms with Gasteiger partial charge in [0.25, 0.3) is 0 Å². The van der Waals surface area contributed by atoms with Crippen molar-refractivity contribution in [2.75, 3.05) is 13.7 Å². The number of hydrogen-bond donors (Lipinski definition) is 0. The van der Waals surface area contributed by atoms with E-state index in [4.69, 9.17) is 9.26 Å². The van der Waals surface area contributed by atoms with Gasteiger partial charge in [0.05, 0.1) is 11.9 Å². The normalized spacial score (nSPS) is 10.6. The first-order valence-corrected chi connectivity index (χ1v) is 5.45. The van der Waals surface area contributed by atoms with Gasteiger partial charge in [-0.1, -0.05) is 5.16 Å². The van der Waals surface area contributed by atoms with Gasteiger partial charge >= 0.3 is 0 Å². The van der Waals surface area contributed by atoms with Gasteiger partial charge in [-0.2, -0.15) is 4.98 Å². The van der Waals surface area contributed by atoms with E-state index in [9.17, 15) is 4.79 Å². The van der Waals surface area contributed by atoms with Crippen LogP contribution < -0.4 is 0 Å². The minimum absolute atomic E-state index is 0.0500. The standard InChI is InChI=1S/C9H9N3O3S/c1-14-3-6(13)2-8-11-9(12-15-8)7-4-16-5-10-7/h4-5H,2-3H2,1H3. The highest BCUT2D eigenvalue weighted by Gasteiger charge is 2.13. The topological polar surface area (TPSA) is 78.1 Å². The van der Waals surface area contributed by atoms with Gasteiger partial charge in [0.1, 0.15) is 12.3 Å². The number of Topliss-reactive ketones (excluding diaryl/α,β-unsaturated/α-hetero) is 1. The van der Waals surface area contributed by atoms with Crippen LogP contribution in [0.4, 0.5) is 0 Å². The van der Waals surface area contributed by atoms with Crippen LogP contribution in [0.2, 0.25) is 0 Å². The fourth-order valence-corrected chi connectivity index (χ4v) is 1.66. The molecular weight excluding hydrogens is 230 g/mol. The summed E-state index contributed by atoms with van der Waals surface area (Å²) in [7, 11) is 1.46. The molecule has 0 saturated heterocycles. The monoisotopic (exact) mass is 239 g/mol. The van der Waals surface area contributed by atoms with E-state index < -0.39 is 0 Å². The van der Waals surface area contributed by atoms with Crippen molar-refractivity contribution in [3.8, 4) is 11.5 Å². The molecule has 2 aromatic rings. The number of ketones is 1. The number of ether oxygens (including phenoxy) is 1. The molecule has 16 heavy (non-hydrogen) atoms. The van der Waals surface area contributed by atoms with E-state index in [1.165, 1.54) is 18.4 Å². The zero-order valence-electron chi connectivity index (χ0n) is 8.54. The highest BCUT2D eigenvalue weighted by molar-refractivity contribution is 7.07. The average molecular weight is 239 g/mol. The molecule has 2 rings (SSSR count).